The summed E-state index contributed by atoms with van der Waals surface area (Å²) in [5.74, 6) is 2.06. The van der Waals surface area contributed by atoms with Gasteiger partial charge in [0.1, 0.15) is 12.4 Å². The third-order valence-electron chi connectivity index (χ3n) is 3.37. The molecule has 1 atom stereocenters. The number of hydrogen-bond acceptors (Lipinski definition) is 4. The van der Waals surface area contributed by atoms with Crippen molar-refractivity contribution in [3.63, 3.8) is 0 Å². The molecular formula is C17H30N4O2. The Balaban J connectivity index is 2.19. The van der Waals surface area contributed by atoms with E-state index < -0.39 is 0 Å². The number of rotatable bonds is 10. The molecule has 0 fully saturated rings. The molecule has 0 aliphatic heterocycles. The van der Waals surface area contributed by atoms with Crippen molar-refractivity contribution in [2.45, 2.75) is 33.3 Å². The van der Waals surface area contributed by atoms with Gasteiger partial charge in [-0.25, -0.2) is 0 Å². The molecule has 1 unspecified atom stereocenters. The van der Waals surface area contributed by atoms with Crippen molar-refractivity contribution >= 4 is 5.96 Å². The van der Waals surface area contributed by atoms with Crippen LogP contribution < -0.4 is 15.4 Å². The Hall–Kier alpha value is -1.82. The van der Waals surface area contributed by atoms with E-state index in [4.69, 9.17) is 9.47 Å². The molecule has 0 bridgehead atoms. The molecule has 0 aliphatic rings. The first-order valence-corrected chi connectivity index (χ1v) is 8.26. The van der Waals surface area contributed by atoms with Gasteiger partial charge in [-0.05, 0) is 31.4 Å². The van der Waals surface area contributed by atoms with Crippen molar-refractivity contribution in [2.24, 2.45) is 10.9 Å². The van der Waals surface area contributed by atoms with Gasteiger partial charge in [0, 0.05) is 26.4 Å². The summed E-state index contributed by atoms with van der Waals surface area (Å²) in [7, 11) is 1.76. The summed E-state index contributed by atoms with van der Waals surface area (Å²) < 4.78 is 11.3. The average Bonchev–Trinajstić information content (AvgIpc) is 2.56. The van der Waals surface area contributed by atoms with E-state index in [1.807, 2.05) is 19.1 Å². The van der Waals surface area contributed by atoms with Crippen LogP contribution in [0.5, 0.6) is 5.75 Å². The molecule has 1 heterocycles. The maximum absolute atomic E-state index is 5.74. The SMILES string of the molecule is CCOC(CCNC(=NC)NCCOc1cccnc1)C(C)C. The molecule has 1 aromatic rings. The molecule has 23 heavy (non-hydrogen) atoms. The maximum atomic E-state index is 5.74. The Labute approximate surface area is 139 Å². The zero-order chi connectivity index (χ0) is 16.9. The topological polar surface area (TPSA) is 67.8 Å². The maximum Gasteiger partial charge on any atom is 0.191 e. The fourth-order valence-electron chi connectivity index (χ4n) is 2.15. The van der Waals surface area contributed by atoms with Gasteiger partial charge < -0.3 is 20.1 Å². The van der Waals surface area contributed by atoms with Crippen LogP contribution in [0.2, 0.25) is 0 Å². The van der Waals surface area contributed by atoms with E-state index in [0.717, 1.165) is 31.3 Å². The van der Waals surface area contributed by atoms with E-state index in [-0.39, 0.29) is 6.10 Å². The number of nitrogens with zero attached hydrogens (tertiary/aromatic N) is 2. The molecule has 1 aromatic heterocycles. The minimum atomic E-state index is 0.277. The minimum absolute atomic E-state index is 0.277. The fourth-order valence-corrected chi connectivity index (χ4v) is 2.15. The normalized spacial score (nSPS) is 13.0. The summed E-state index contributed by atoms with van der Waals surface area (Å²) in [5, 5.41) is 6.53. The highest BCUT2D eigenvalue weighted by molar-refractivity contribution is 5.79. The second-order valence-corrected chi connectivity index (χ2v) is 5.49. The van der Waals surface area contributed by atoms with Crippen LogP contribution in [-0.2, 0) is 4.74 Å². The van der Waals surface area contributed by atoms with E-state index in [2.05, 4.69) is 34.5 Å². The molecule has 0 aromatic carbocycles. The highest BCUT2D eigenvalue weighted by Crippen LogP contribution is 2.09. The molecule has 0 saturated carbocycles. The Kier molecular flexibility index (Phi) is 9.79. The lowest BCUT2D eigenvalue weighted by molar-refractivity contribution is 0.0258. The standard InChI is InChI=1S/C17H30N4O2/c1-5-22-16(14(2)3)8-10-20-17(18-4)21-11-12-23-15-7-6-9-19-13-15/h6-7,9,13-14,16H,5,8,10-12H2,1-4H3,(H2,18,20,21). The predicted octanol–water partition coefficient (Wildman–Crippen LogP) is 2.08. The third kappa shape index (κ3) is 8.40. The highest BCUT2D eigenvalue weighted by Gasteiger charge is 2.12. The predicted molar refractivity (Wildman–Crippen MR) is 94.0 cm³/mol. The van der Waals surface area contributed by atoms with Crippen molar-refractivity contribution in [2.75, 3.05) is 33.4 Å². The van der Waals surface area contributed by atoms with E-state index in [1.165, 1.54) is 0 Å². The Morgan fingerprint density at radius 1 is 1.30 bits per heavy atom. The van der Waals surface area contributed by atoms with Crippen LogP contribution in [0.15, 0.2) is 29.5 Å². The van der Waals surface area contributed by atoms with Crippen LogP contribution in [0.4, 0.5) is 0 Å². The van der Waals surface area contributed by atoms with Gasteiger partial charge in [0.25, 0.3) is 0 Å². The van der Waals surface area contributed by atoms with E-state index in [0.29, 0.717) is 19.1 Å². The molecule has 6 nitrogen and oxygen atoms in total. The largest absolute Gasteiger partial charge is 0.490 e. The van der Waals surface area contributed by atoms with Gasteiger partial charge >= 0.3 is 0 Å². The number of ether oxygens (including phenoxy) is 2. The summed E-state index contributed by atoms with van der Waals surface area (Å²) in [4.78, 5) is 8.21. The highest BCUT2D eigenvalue weighted by atomic mass is 16.5. The summed E-state index contributed by atoms with van der Waals surface area (Å²) >= 11 is 0. The van der Waals surface area contributed by atoms with Crippen molar-refractivity contribution in [3.8, 4) is 5.75 Å². The summed E-state index contributed by atoms with van der Waals surface area (Å²) in [5.41, 5.74) is 0. The smallest absolute Gasteiger partial charge is 0.191 e. The molecule has 0 saturated heterocycles. The molecular weight excluding hydrogens is 292 g/mol. The van der Waals surface area contributed by atoms with Gasteiger partial charge in [-0.2, -0.15) is 0 Å². The quantitative estimate of drug-likeness (QED) is 0.392. The molecule has 2 N–H and O–H groups in total. The molecule has 0 amide bonds. The van der Waals surface area contributed by atoms with Gasteiger partial charge in [-0.15, -0.1) is 0 Å². The lowest BCUT2D eigenvalue weighted by atomic mass is 10.0. The Bertz CT molecular complexity index is 437. The third-order valence-corrected chi connectivity index (χ3v) is 3.37. The first-order chi connectivity index (χ1) is 11.2. The number of aliphatic imine (C=N–C) groups is 1. The number of guanidine groups is 1. The fraction of sp³-hybridized carbons (Fsp3) is 0.647. The number of hydrogen-bond donors (Lipinski definition) is 2. The van der Waals surface area contributed by atoms with Crippen LogP contribution in [0.25, 0.3) is 0 Å². The van der Waals surface area contributed by atoms with Crippen LogP contribution in [0.1, 0.15) is 27.2 Å². The molecule has 0 radical (unpaired) electrons. The van der Waals surface area contributed by atoms with Crippen LogP contribution in [-0.4, -0.2) is 50.4 Å². The zero-order valence-electron chi connectivity index (χ0n) is 14.7. The van der Waals surface area contributed by atoms with Gasteiger partial charge in [-0.3, -0.25) is 9.98 Å². The van der Waals surface area contributed by atoms with E-state index >= 15 is 0 Å². The van der Waals surface area contributed by atoms with Crippen LogP contribution in [0.3, 0.4) is 0 Å². The van der Waals surface area contributed by atoms with Gasteiger partial charge in [-0.1, -0.05) is 13.8 Å². The second-order valence-electron chi connectivity index (χ2n) is 5.49. The van der Waals surface area contributed by atoms with Crippen molar-refractivity contribution in [3.05, 3.63) is 24.5 Å². The average molecular weight is 322 g/mol. The monoisotopic (exact) mass is 322 g/mol. The van der Waals surface area contributed by atoms with E-state index in [1.54, 1.807) is 19.4 Å². The number of pyridine rings is 1. The summed E-state index contributed by atoms with van der Waals surface area (Å²) in [6, 6.07) is 3.74. The van der Waals surface area contributed by atoms with Crippen molar-refractivity contribution in [1.29, 1.82) is 0 Å². The molecule has 0 aliphatic carbocycles. The first kappa shape index (κ1) is 19.2. The number of nitrogens with one attached hydrogen (secondary N) is 2. The lowest BCUT2D eigenvalue weighted by Gasteiger charge is -2.21. The van der Waals surface area contributed by atoms with Crippen LogP contribution >= 0.6 is 0 Å². The van der Waals surface area contributed by atoms with Crippen molar-refractivity contribution in [1.82, 2.24) is 15.6 Å². The second kappa shape index (κ2) is 11.7. The zero-order valence-corrected chi connectivity index (χ0v) is 14.7. The minimum Gasteiger partial charge on any atom is -0.490 e. The Morgan fingerprint density at radius 3 is 2.70 bits per heavy atom. The van der Waals surface area contributed by atoms with Gasteiger partial charge in [0.2, 0.25) is 0 Å². The molecule has 6 heteroatoms. The van der Waals surface area contributed by atoms with Crippen molar-refractivity contribution < 1.29 is 9.47 Å². The van der Waals surface area contributed by atoms with E-state index in [9.17, 15) is 0 Å². The molecule has 1 rings (SSSR count). The Morgan fingerprint density at radius 2 is 2.09 bits per heavy atom. The summed E-state index contributed by atoms with van der Waals surface area (Å²) in [6.07, 6.45) is 4.66. The van der Waals surface area contributed by atoms with Gasteiger partial charge in [0.15, 0.2) is 5.96 Å². The van der Waals surface area contributed by atoms with Crippen LogP contribution in [0, 0.1) is 5.92 Å². The summed E-state index contributed by atoms with van der Waals surface area (Å²) in [6.45, 7) is 9.21. The first-order valence-electron chi connectivity index (χ1n) is 8.26. The lowest BCUT2D eigenvalue weighted by Crippen LogP contribution is -2.40. The number of aromatic nitrogens is 1. The molecule has 0 spiro atoms. The van der Waals surface area contributed by atoms with Gasteiger partial charge in [0.05, 0.1) is 18.8 Å². The molecule has 130 valence electrons.